The number of methoxy groups -OCH3 is 1. The summed E-state index contributed by atoms with van der Waals surface area (Å²) in [5, 5.41) is 0. The third-order valence-electron chi connectivity index (χ3n) is 2.53. The number of hydrogen-bond acceptors (Lipinski definition) is 5. The minimum atomic E-state index is -0.381. The minimum Gasteiger partial charge on any atom is -0.496 e. The summed E-state index contributed by atoms with van der Waals surface area (Å²) in [6, 6.07) is 7.33. The van der Waals surface area contributed by atoms with Crippen LogP contribution in [0.25, 0.3) is 6.08 Å². The standard InChI is InChI=1S/C13H11NO3S2/c1-8(15)14-12(16)11(19-13(14)18)7-9-5-3-4-6-10(9)17-2/h3-7H,1-2H3/b11-7+. The highest BCUT2D eigenvalue weighted by atomic mass is 32.2. The number of ether oxygens (including phenoxy) is 1. The van der Waals surface area contributed by atoms with Gasteiger partial charge in [0.05, 0.1) is 12.0 Å². The second-order valence-corrected chi connectivity index (χ2v) is 5.45. The minimum absolute atomic E-state index is 0.263. The summed E-state index contributed by atoms with van der Waals surface area (Å²) >= 11 is 6.14. The third-order valence-corrected chi connectivity index (χ3v) is 3.84. The van der Waals surface area contributed by atoms with E-state index in [-0.39, 0.29) is 16.1 Å². The van der Waals surface area contributed by atoms with Gasteiger partial charge in [0.2, 0.25) is 5.91 Å². The smallest absolute Gasteiger partial charge is 0.273 e. The van der Waals surface area contributed by atoms with Crippen molar-refractivity contribution in [1.82, 2.24) is 4.90 Å². The fourth-order valence-electron chi connectivity index (χ4n) is 1.67. The van der Waals surface area contributed by atoms with E-state index >= 15 is 0 Å². The lowest BCUT2D eigenvalue weighted by Crippen LogP contribution is -2.32. The Balaban J connectivity index is 2.38. The lowest BCUT2D eigenvalue weighted by Gasteiger charge is -2.08. The van der Waals surface area contributed by atoms with Gasteiger partial charge in [0.15, 0.2) is 4.32 Å². The van der Waals surface area contributed by atoms with E-state index in [9.17, 15) is 9.59 Å². The molecule has 1 aromatic rings. The Bertz CT molecular complexity index is 595. The lowest BCUT2D eigenvalue weighted by molar-refractivity contribution is -0.135. The SMILES string of the molecule is COc1ccccc1/C=C1/SC(=S)N(C(C)=O)C1=O. The molecule has 6 heteroatoms. The molecule has 0 aliphatic carbocycles. The van der Waals surface area contributed by atoms with E-state index in [0.717, 1.165) is 22.2 Å². The maximum absolute atomic E-state index is 12.0. The number of thioether (sulfide) groups is 1. The zero-order valence-electron chi connectivity index (χ0n) is 10.4. The molecule has 0 saturated carbocycles. The second-order valence-electron chi connectivity index (χ2n) is 3.78. The largest absolute Gasteiger partial charge is 0.496 e. The maximum atomic E-state index is 12.0. The fourth-order valence-corrected chi connectivity index (χ4v) is 3.00. The van der Waals surface area contributed by atoms with Gasteiger partial charge < -0.3 is 4.74 Å². The van der Waals surface area contributed by atoms with Gasteiger partial charge in [-0.15, -0.1) is 0 Å². The molecular formula is C13H11NO3S2. The van der Waals surface area contributed by atoms with Crippen molar-refractivity contribution in [2.75, 3.05) is 7.11 Å². The molecule has 2 rings (SSSR count). The number of hydrogen-bond donors (Lipinski definition) is 0. The van der Waals surface area contributed by atoms with E-state index in [1.807, 2.05) is 18.2 Å². The summed E-state index contributed by atoms with van der Waals surface area (Å²) in [6.07, 6.45) is 1.68. The topological polar surface area (TPSA) is 46.6 Å². The third kappa shape index (κ3) is 2.69. The zero-order chi connectivity index (χ0) is 14.0. The molecule has 1 heterocycles. The van der Waals surface area contributed by atoms with Crippen molar-refractivity contribution in [2.45, 2.75) is 6.92 Å². The molecule has 1 aliphatic heterocycles. The van der Waals surface area contributed by atoms with Crippen LogP contribution in [0, 0.1) is 0 Å². The van der Waals surface area contributed by atoms with Gasteiger partial charge in [0.1, 0.15) is 5.75 Å². The first-order chi connectivity index (χ1) is 9.04. The first kappa shape index (κ1) is 13.8. The first-order valence-corrected chi connectivity index (χ1v) is 6.68. The van der Waals surface area contributed by atoms with Gasteiger partial charge in [-0.1, -0.05) is 42.2 Å². The first-order valence-electron chi connectivity index (χ1n) is 5.46. The van der Waals surface area contributed by atoms with Crippen molar-refractivity contribution in [3.63, 3.8) is 0 Å². The molecule has 0 N–H and O–H groups in total. The molecule has 4 nitrogen and oxygen atoms in total. The predicted molar refractivity (Wildman–Crippen MR) is 78.7 cm³/mol. The Morgan fingerprint density at radius 3 is 2.68 bits per heavy atom. The van der Waals surface area contributed by atoms with Crippen LogP contribution < -0.4 is 4.74 Å². The maximum Gasteiger partial charge on any atom is 0.273 e. The van der Waals surface area contributed by atoms with Crippen molar-refractivity contribution in [3.8, 4) is 5.75 Å². The number of nitrogens with zero attached hydrogens (tertiary/aromatic N) is 1. The van der Waals surface area contributed by atoms with Gasteiger partial charge in [-0.2, -0.15) is 0 Å². The summed E-state index contributed by atoms with van der Waals surface area (Å²) < 4.78 is 5.48. The van der Waals surface area contributed by atoms with Crippen molar-refractivity contribution in [2.24, 2.45) is 0 Å². The van der Waals surface area contributed by atoms with Crippen molar-refractivity contribution in [3.05, 3.63) is 34.7 Å². The van der Waals surface area contributed by atoms with Crippen LogP contribution in [0.2, 0.25) is 0 Å². The Hall–Kier alpha value is -1.66. The van der Waals surface area contributed by atoms with Crippen LogP contribution in [0.5, 0.6) is 5.75 Å². The van der Waals surface area contributed by atoms with E-state index in [0.29, 0.717) is 10.7 Å². The van der Waals surface area contributed by atoms with Gasteiger partial charge in [0, 0.05) is 12.5 Å². The molecule has 2 amide bonds. The highest BCUT2D eigenvalue weighted by Gasteiger charge is 2.34. The van der Waals surface area contributed by atoms with Crippen molar-refractivity contribution in [1.29, 1.82) is 0 Å². The van der Waals surface area contributed by atoms with Gasteiger partial charge in [-0.25, -0.2) is 4.90 Å². The van der Waals surface area contributed by atoms with Crippen LogP contribution in [0.4, 0.5) is 0 Å². The number of carbonyl (C=O) groups excluding carboxylic acids is 2. The van der Waals surface area contributed by atoms with Gasteiger partial charge >= 0.3 is 0 Å². The lowest BCUT2D eigenvalue weighted by atomic mass is 10.2. The molecule has 1 aliphatic rings. The average molecular weight is 293 g/mol. The fraction of sp³-hybridized carbons (Fsp3) is 0.154. The highest BCUT2D eigenvalue weighted by molar-refractivity contribution is 8.26. The van der Waals surface area contributed by atoms with Gasteiger partial charge in [-0.3, -0.25) is 9.59 Å². The second kappa shape index (κ2) is 5.54. The monoisotopic (exact) mass is 293 g/mol. The number of benzene rings is 1. The normalized spacial score (nSPS) is 17.2. The molecule has 1 fully saturated rings. The van der Waals surface area contributed by atoms with Gasteiger partial charge in [-0.05, 0) is 12.1 Å². The summed E-state index contributed by atoms with van der Waals surface area (Å²) in [5.74, 6) is -0.0880. The quantitative estimate of drug-likeness (QED) is 0.619. The van der Waals surface area contributed by atoms with Crippen LogP contribution in [-0.2, 0) is 9.59 Å². The molecule has 0 radical (unpaired) electrons. The highest BCUT2D eigenvalue weighted by Crippen LogP contribution is 2.34. The summed E-state index contributed by atoms with van der Waals surface area (Å²) in [7, 11) is 1.56. The number of carbonyl (C=O) groups is 2. The molecule has 1 saturated heterocycles. The molecule has 0 spiro atoms. The van der Waals surface area contributed by atoms with E-state index in [4.69, 9.17) is 17.0 Å². The Labute approximate surface area is 120 Å². The molecular weight excluding hydrogens is 282 g/mol. The van der Waals surface area contributed by atoms with Crippen LogP contribution in [0.15, 0.2) is 29.2 Å². The Kier molecular flexibility index (Phi) is 4.01. The van der Waals surface area contributed by atoms with Crippen LogP contribution in [0.3, 0.4) is 0 Å². The Morgan fingerprint density at radius 1 is 1.42 bits per heavy atom. The molecule has 19 heavy (non-hydrogen) atoms. The Morgan fingerprint density at radius 2 is 2.11 bits per heavy atom. The summed E-state index contributed by atoms with van der Waals surface area (Å²) in [6.45, 7) is 1.32. The average Bonchev–Trinajstić information content (AvgIpc) is 2.65. The molecule has 98 valence electrons. The van der Waals surface area contributed by atoms with Crippen molar-refractivity contribution < 1.29 is 14.3 Å². The van der Waals surface area contributed by atoms with E-state index in [1.54, 1.807) is 19.3 Å². The van der Waals surface area contributed by atoms with E-state index in [2.05, 4.69) is 0 Å². The summed E-state index contributed by atoms with van der Waals surface area (Å²) in [4.78, 5) is 24.8. The number of imide groups is 1. The van der Waals surface area contributed by atoms with Crippen LogP contribution in [0.1, 0.15) is 12.5 Å². The van der Waals surface area contributed by atoms with Crippen LogP contribution >= 0.6 is 24.0 Å². The van der Waals surface area contributed by atoms with E-state index < -0.39 is 0 Å². The predicted octanol–water partition coefficient (Wildman–Crippen LogP) is 2.44. The molecule has 0 unspecified atom stereocenters. The van der Waals surface area contributed by atoms with Gasteiger partial charge in [0.25, 0.3) is 5.91 Å². The molecule has 0 atom stereocenters. The van der Waals surface area contributed by atoms with E-state index in [1.165, 1.54) is 6.92 Å². The van der Waals surface area contributed by atoms with Crippen molar-refractivity contribution >= 4 is 46.2 Å². The number of para-hydroxylation sites is 1. The molecule has 0 bridgehead atoms. The number of rotatable bonds is 2. The van der Waals surface area contributed by atoms with Crippen LogP contribution in [-0.4, -0.2) is 28.1 Å². The number of amides is 2. The summed E-state index contributed by atoms with van der Waals surface area (Å²) in [5.41, 5.74) is 0.772. The molecule has 0 aromatic heterocycles. The number of thiocarbonyl (C=S) groups is 1. The molecule has 1 aromatic carbocycles. The zero-order valence-corrected chi connectivity index (χ0v) is 12.0.